The molecule has 7 nitrogen and oxygen atoms in total. The highest BCUT2D eigenvalue weighted by atomic mass is 32.2. The van der Waals surface area contributed by atoms with Gasteiger partial charge < -0.3 is 14.4 Å². The third kappa shape index (κ3) is 5.22. The van der Waals surface area contributed by atoms with Gasteiger partial charge in [0.05, 0.1) is 23.2 Å². The molecule has 1 aromatic carbocycles. The highest BCUT2D eigenvalue weighted by Gasteiger charge is 2.42. The number of esters is 1. The third-order valence-electron chi connectivity index (χ3n) is 4.62. The van der Waals surface area contributed by atoms with Crippen LogP contribution in [0.1, 0.15) is 43.5 Å². The van der Waals surface area contributed by atoms with Gasteiger partial charge in [-0.3, -0.25) is 4.79 Å². The Balaban J connectivity index is 1.56. The van der Waals surface area contributed by atoms with Crippen LogP contribution in [-0.2, 0) is 19.4 Å². The summed E-state index contributed by atoms with van der Waals surface area (Å²) in [5.41, 5.74) is 0.334. The van der Waals surface area contributed by atoms with Crippen LogP contribution in [0.25, 0.3) is 0 Å². The van der Waals surface area contributed by atoms with E-state index in [1.165, 1.54) is 0 Å². The number of ether oxygens (including phenoxy) is 2. The van der Waals surface area contributed by atoms with Gasteiger partial charge >= 0.3 is 5.97 Å². The molecule has 0 unspecified atom stereocenters. The van der Waals surface area contributed by atoms with E-state index < -0.39 is 15.8 Å². The van der Waals surface area contributed by atoms with Crippen LogP contribution in [0.3, 0.4) is 0 Å². The lowest BCUT2D eigenvalue weighted by Gasteiger charge is -2.28. The van der Waals surface area contributed by atoms with Gasteiger partial charge in [0.2, 0.25) is 0 Å². The predicted octanol–water partition coefficient (Wildman–Crippen LogP) is 1.81. The molecule has 2 fully saturated rings. The van der Waals surface area contributed by atoms with Crippen molar-refractivity contribution in [2.24, 2.45) is 0 Å². The van der Waals surface area contributed by atoms with E-state index in [4.69, 9.17) is 9.47 Å². The quantitative estimate of drug-likeness (QED) is 0.654. The lowest BCUT2D eigenvalue weighted by Crippen LogP contribution is -2.44. The monoisotopic (exact) mass is 395 g/mol. The third-order valence-corrected chi connectivity index (χ3v) is 6.37. The van der Waals surface area contributed by atoms with Crippen LogP contribution in [0, 0.1) is 0 Å². The standard InChI is InChI=1S/C19H25NO6S/c1-13(2)26-17-7-3-14(4-8-17)19(22)25-11-18(21)20(15-5-6-15)16-9-10-27(23,24)12-16/h3-4,7-8,13,15-16H,5-6,9-12H2,1-2H3/t16-/m1/s1. The van der Waals surface area contributed by atoms with Gasteiger partial charge in [0, 0.05) is 12.1 Å². The molecule has 0 bridgehead atoms. The summed E-state index contributed by atoms with van der Waals surface area (Å²) in [6, 6.07) is 6.30. The van der Waals surface area contributed by atoms with Crippen molar-refractivity contribution in [2.75, 3.05) is 18.1 Å². The summed E-state index contributed by atoms with van der Waals surface area (Å²) in [6.45, 7) is 3.44. The molecule has 1 saturated heterocycles. The van der Waals surface area contributed by atoms with Crippen LogP contribution in [-0.4, -0.2) is 61.5 Å². The lowest BCUT2D eigenvalue weighted by atomic mass is 10.2. The first-order chi connectivity index (χ1) is 12.7. The maximum atomic E-state index is 12.6. The van der Waals surface area contributed by atoms with Crippen LogP contribution in [0.15, 0.2) is 24.3 Å². The number of carbonyl (C=O) groups excluding carboxylic acids is 2. The molecule has 1 aromatic rings. The van der Waals surface area contributed by atoms with Gasteiger partial charge in [-0.15, -0.1) is 0 Å². The van der Waals surface area contributed by atoms with Crippen LogP contribution in [0.2, 0.25) is 0 Å². The molecule has 0 radical (unpaired) electrons. The van der Waals surface area contributed by atoms with Crippen molar-refractivity contribution >= 4 is 21.7 Å². The van der Waals surface area contributed by atoms with E-state index >= 15 is 0 Å². The number of sulfone groups is 1. The second kappa shape index (κ2) is 7.88. The number of rotatable bonds is 7. The highest BCUT2D eigenvalue weighted by Crippen LogP contribution is 2.32. The zero-order valence-electron chi connectivity index (χ0n) is 15.6. The van der Waals surface area contributed by atoms with Crippen LogP contribution >= 0.6 is 0 Å². The van der Waals surface area contributed by atoms with Gasteiger partial charge in [0.15, 0.2) is 16.4 Å². The lowest BCUT2D eigenvalue weighted by molar-refractivity contribution is -0.137. The Labute approximate surface area is 159 Å². The molecule has 148 valence electrons. The van der Waals surface area contributed by atoms with E-state index in [-0.39, 0.29) is 42.2 Å². The summed E-state index contributed by atoms with van der Waals surface area (Å²) < 4.78 is 34.1. The second-order valence-electron chi connectivity index (χ2n) is 7.36. The molecule has 3 rings (SSSR count). The molecular weight excluding hydrogens is 370 g/mol. The van der Waals surface area contributed by atoms with Crippen molar-refractivity contribution in [2.45, 2.75) is 51.3 Å². The number of hydrogen-bond acceptors (Lipinski definition) is 6. The fraction of sp³-hybridized carbons (Fsp3) is 0.579. The van der Waals surface area contributed by atoms with E-state index in [0.29, 0.717) is 17.7 Å². The van der Waals surface area contributed by atoms with E-state index in [2.05, 4.69) is 0 Å². The average Bonchev–Trinajstić information content (AvgIpc) is 3.36. The molecule has 27 heavy (non-hydrogen) atoms. The minimum atomic E-state index is -3.08. The molecule has 8 heteroatoms. The summed E-state index contributed by atoms with van der Waals surface area (Å²) >= 11 is 0. The first-order valence-electron chi connectivity index (χ1n) is 9.20. The Hall–Kier alpha value is -2.09. The van der Waals surface area contributed by atoms with Gasteiger partial charge in [-0.1, -0.05) is 0 Å². The molecule has 2 aliphatic rings. The summed E-state index contributed by atoms with van der Waals surface area (Å²) in [6.07, 6.45) is 2.23. The van der Waals surface area contributed by atoms with Crippen LogP contribution < -0.4 is 4.74 Å². The van der Waals surface area contributed by atoms with E-state index in [1.54, 1.807) is 29.2 Å². The molecule has 1 amide bonds. The minimum Gasteiger partial charge on any atom is -0.491 e. The van der Waals surface area contributed by atoms with Crippen molar-refractivity contribution in [3.8, 4) is 5.75 Å². The molecule has 1 atom stereocenters. The molecule has 1 heterocycles. The van der Waals surface area contributed by atoms with Gasteiger partial charge in [0.1, 0.15) is 5.75 Å². The zero-order chi connectivity index (χ0) is 19.6. The Morgan fingerprint density at radius 3 is 2.30 bits per heavy atom. The summed E-state index contributed by atoms with van der Waals surface area (Å²) in [5, 5.41) is 0. The van der Waals surface area contributed by atoms with E-state index in [9.17, 15) is 18.0 Å². The molecule has 0 aromatic heterocycles. The molecule has 0 N–H and O–H groups in total. The molecule has 1 aliphatic heterocycles. The first-order valence-corrected chi connectivity index (χ1v) is 11.0. The normalized spacial score (nSPS) is 21.1. The number of amides is 1. The van der Waals surface area contributed by atoms with E-state index in [0.717, 1.165) is 12.8 Å². The van der Waals surface area contributed by atoms with Crippen molar-refractivity contribution in [3.63, 3.8) is 0 Å². The fourth-order valence-electron chi connectivity index (χ4n) is 3.28. The van der Waals surface area contributed by atoms with Crippen LogP contribution in [0.4, 0.5) is 0 Å². The van der Waals surface area contributed by atoms with Crippen LogP contribution in [0.5, 0.6) is 5.75 Å². The van der Waals surface area contributed by atoms with Crippen molar-refractivity contribution in [1.82, 2.24) is 4.90 Å². The number of benzene rings is 1. The van der Waals surface area contributed by atoms with Gasteiger partial charge in [-0.2, -0.15) is 0 Å². The topological polar surface area (TPSA) is 90.0 Å². The largest absolute Gasteiger partial charge is 0.491 e. The Morgan fingerprint density at radius 1 is 1.11 bits per heavy atom. The summed E-state index contributed by atoms with van der Waals surface area (Å²) in [4.78, 5) is 26.4. The molecular formula is C19H25NO6S. The first kappa shape index (κ1) is 19.7. The van der Waals surface area contributed by atoms with Gasteiger partial charge in [0.25, 0.3) is 5.91 Å². The van der Waals surface area contributed by atoms with E-state index in [1.807, 2.05) is 13.8 Å². The molecule has 1 aliphatic carbocycles. The van der Waals surface area contributed by atoms with Gasteiger partial charge in [-0.25, -0.2) is 13.2 Å². The maximum absolute atomic E-state index is 12.6. The number of hydrogen-bond donors (Lipinski definition) is 0. The Kier molecular flexibility index (Phi) is 5.74. The summed E-state index contributed by atoms with van der Waals surface area (Å²) in [5.74, 6) is -0.152. The Bertz CT molecular complexity index is 798. The zero-order valence-corrected chi connectivity index (χ0v) is 16.4. The second-order valence-corrected chi connectivity index (χ2v) is 9.58. The maximum Gasteiger partial charge on any atom is 0.338 e. The van der Waals surface area contributed by atoms with Crippen molar-refractivity contribution in [3.05, 3.63) is 29.8 Å². The summed E-state index contributed by atoms with van der Waals surface area (Å²) in [7, 11) is -3.08. The molecule has 1 saturated carbocycles. The molecule has 0 spiro atoms. The Morgan fingerprint density at radius 2 is 1.78 bits per heavy atom. The SMILES string of the molecule is CC(C)Oc1ccc(C(=O)OCC(=O)N(C2CC2)[C@@H]2CCS(=O)(=O)C2)cc1. The fourth-order valence-corrected chi connectivity index (χ4v) is 4.99. The number of nitrogens with zero attached hydrogens (tertiary/aromatic N) is 1. The predicted molar refractivity (Wildman–Crippen MR) is 99.4 cm³/mol. The minimum absolute atomic E-state index is 0.000496. The highest BCUT2D eigenvalue weighted by molar-refractivity contribution is 7.91. The average molecular weight is 395 g/mol. The smallest absolute Gasteiger partial charge is 0.338 e. The number of carbonyl (C=O) groups is 2. The van der Waals surface area contributed by atoms with Crippen molar-refractivity contribution in [1.29, 1.82) is 0 Å². The van der Waals surface area contributed by atoms with Crippen molar-refractivity contribution < 1.29 is 27.5 Å². The van der Waals surface area contributed by atoms with Gasteiger partial charge in [-0.05, 0) is 57.4 Å².